The minimum Gasteiger partial charge on any atom is -0.497 e. The highest BCUT2D eigenvalue weighted by atomic mass is 16.6. The summed E-state index contributed by atoms with van der Waals surface area (Å²) in [5.41, 5.74) is -0.314. The molecule has 1 aromatic carbocycles. The molecule has 1 aromatic heterocycles. The number of hydrogen-bond donors (Lipinski definition) is 2. The van der Waals surface area contributed by atoms with Crippen LogP contribution in [0.5, 0.6) is 11.5 Å². The number of carbonyl (C=O) groups is 4. The summed E-state index contributed by atoms with van der Waals surface area (Å²) in [7, 11) is 2.74. The number of benzene rings is 1. The number of nitrogens with one attached hydrogen (secondary N) is 1. The third-order valence-electron chi connectivity index (χ3n) is 7.45. The Morgan fingerprint density at radius 3 is 2.39 bits per heavy atom. The van der Waals surface area contributed by atoms with Crippen molar-refractivity contribution in [3.63, 3.8) is 0 Å². The molecule has 2 N–H and O–H groups in total. The van der Waals surface area contributed by atoms with Crippen LogP contribution in [-0.4, -0.2) is 84.0 Å². The van der Waals surface area contributed by atoms with Crippen molar-refractivity contribution in [3.8, 4) is 11.5 Å². The lowest BCUT2D eigenvalue weighted by molar-refractivity contribution is -0.150. The number of hydrogen-bond acceptors (Lipinski definition) is 9. The van der Waals surface area contributed by atoms with Crippen LogP contribution in [0.2, 0.25) is 0 Å². The zero-order chi connectivity index (χ0) is 29.9. The summed E-state index contributed by atoms with van der Waals surface area (Å²) in [6.07, 6.45) is 1.92. The standard InChI is InChI=1S/C29H37N3O9/c1-29(2,3)24(31-28(37)41-16-8-6-7-9-16)25(33)32-15-18(13-22(32)26(34)35)40-23-14-21(27(36)39-5)30-20-12-17(38-4)10-11-19(20)23/h10-12,14,16,18,22,24H,6-9,13,15H2,1-5H3,(H,31,37)(H,34,35)/t18-,22+,24-/m1/s1. The van der Waals surface area contributed by atoms with E-state index < -0.39 is 47.5 Å². The molecule has 0 spiro atoms. The highest BCUT2D eigenvalue weighted by Gasteiger charge is 2.46. The van der Waals surface area contributed by atoms with Crippen LogP contribution in [0.1, 0.15) is 63.4 Å². The Balaban J connectivity index is 1.58. The van der Waals surface area contributed by atoms with E-state index in [1.807, 2.05) is 0 Å². The first-order valence-electron chi connectivity index (χ1n) is 13.7. The molecule has 1 saturated carbocycles. The monoisotopic (exact) mass is 571 g/mol. The lowest BCUT2D eigenvalue weighted by Crippen LogP contribution is -2.57. The predicted molar refractivity (Wildman–Crippen MR) is 147 cm³/mol. The summed E-state index contributed by atoms with van der Waals surface area (Å²) in [5, 5.41) is 13.3. The van der Waals surface area contributed by atoms with E-state index in [9.17, 15) is 24.3 Å². The first-order chi connectivity index (χ1) is 19.4. The van der Waals surface area contributed by atoms with Gasteiger partial charge in [-0.2, -0.15) is 0 Å². The van der Waals surface area contributed by atoms with Gasteiger partial charge in [-0.15, -0.1) is 0 Å². The van der Waals surface area contributed by atoms with Gasteiger partial charge in [0.25, 0.3) is 0 Å². The molecule has 2 heterocycles. The molecular formula is C29H37N3O9. The number of carbonyl (C=O) groups excluding carboxylic acids is 3. The van der Waals surface area contributed by atoms with Gasteiger partial charge in [0.05, 0.1) is 26.3 Å². The predicted octanol–water partition coefficient (Wildman–Crippen LogP) is 3.55. The van der Waals surface area contributed by atoms with E-state index in [2.05, 4.69) is 10.3 Å². The maximum Gasteiger partial charge on any atom is 0.408 e. The summed E-state index contributed by atoms with van der Waals surface area (Å²) in [6.45, 7) is 5.32. The average molecular weight is 572 g/mol. The van der Waals surface area contributed by atoms with Crippen molar-refractivity contribution in [1.82, 2.24) is 15.2 Å². The lowest BCUT2D eigenvalue weighted by atomic mass is 9.85. The maximum atomic E-state index is 13.8. The number of nitrogens with zero attached hydrogens (tertiary/aromatic N) is 2. The molecule has 0 bridgehead atoms. The van der Waals surface area contributed by atoms with Crippen LogP contribution >= 0.6 is 0 Å². The van der Waals surface area contributed by atoms with Gasteiger partial charge in [0.1, 0.15) is 35.8 Å². The van der Waals surface area contributed by atoms with Gasteiger partial charge >= 0.3 is 18.0 Å². The van der Waals surface area contributed by atoms with Gasteiger partial charge in [-0.1, -0.05) is 20.8 Å². The van der Waals surface area contributed by atoms with Gasteiger partial charge in [-0.3, -0.25) is 4.79 Å². The quantitative estimate of drug-likeness (QED) is 0.450. The van der Waals surface area contributed by atoms with Gasteiger partial charge in [0.2, 0.25) is 5.91 Å². The zero-order valence-corrected chi connectivity index (χ0v) is 24.0. The third-order valence-corrected chi connectivity index (χ3v) is 7.45. The molecule has 41 heavy (non-hydrogen) atoms. The number of carboxylic acid groups (broad SMARTS) is 1. The first kappa shape index (κ1) is 29.9. The van der Waals surface area contributed by atoms with Gasteiger partial charge in [-0.05, 0) is 43.2 Å². The summed E-state index contributed by atoms with van der Waals surface area (Å²) in [4.78, 5) is 56.6. The highest BCUT2D eigenvalue weighted by Crippen LogP contribution is 2.33. The van der Waals surface area contributed by atoms with Crippen LogP contribution in [-0.2, 0) is 19.1 Å². The summed E-state index contributed by atoms with van der Waals surface area (Å²) >= 11 is 0. The summed E-state index contributed by atoms with van der Waals surface area (Å²) in [6, 6.07) is 4.29. The van der Waals surface area contributed by atoms with Gasteiger partial charge < -0.3 is 34.3 Å². The van der Waals surface area contributed by atoms with Crippen LogP contribution in [0.4, 0.5) is 4.79 Å². The molecule has 3 atom stereocenters. The SMILES string of the molecule is COC(=O)c1cc(O[C@@H]2C[C@@H](C(=O)O)N(C(=O)[C@@H](NC(=O)OC3CCCC3)C(C)(C)C)C2)c2ccc(OC)cc2n1. The van der Waals surface area contributed by atoms with Crippen LogP contribution in [0.15, 0.2) is 24.3 Å². The number of ether oxygens (including phenoxy) is 4. The van der Waals surface area contributed by atoms with Crippen molar-refractivity contribution in [2.45, 2.75) is 77.2 Å². The van der Waals surface area contributed by atoms with Crippen LogP contribution in [0.25, 0.3) is 10.9 Å². The largest absolute Gasteiger partial charge is 0.497 e. The Hall–Kier alpha value is -4.09. The maximum absolute atomic E-state index is 13.8. The molecule has 2 fully saturated rings. The minimum atomic E-state index is -1.19. The number of pyridine rings is 1. The average Bonchev–Trinajstić information content (AvgIpc) is 3.60. The van der Waals surface area contributed by atoms with E-state index in [1.165, 1.54) is 25.2 Å². The van der Waals surface area contributed by atoms with Crippen molar-refractivity contribution in [2.24, 2.45) is 5.41 Å². The van der Waals surface area contributed by atoms with E-state index in [-0.39, 0.29) is 30.5 Å². The number of carboxylic acids is 1. The Morgan fingerprint density at radius 2 is 1.78 bits per heavy atom. The molecule has 2 aliphatic rings. The second-order valence-corrected chi connectivity index (χ2v) is 11.5. The van der Waals surface area contributed by atoms with E-state index >= 15 is 0 Å². The fourth-order valence-electron chi connectivity index (χ4n) is 5.27. The van der Waals surface area contributed by atoms with Crippen molar-refractivity contribution in [2.75, 3.05) is 20.8 Å². The number of rotatable bonds is 8. The van der Waals surface area contributed by atoms with E-state index in [1.54, 1.807) is 39.0 Å². The molecule has 1 saturated heterocycles. The van der Waals surface area contributed by atoms with Crippen molar-refractivity contribution in [1.29, 1.82) is 0 Å². The smallest absolute Gasteiger partial charge is 0.408 e. The number of aromatic nitrogens is 1. The Labute approximate surface area is 238 Å². The Kier molecular flexibility index (Phi) is 8.89. The molecule has 1 aliphatic heterocycles. The number of aliphatic carboxylic acids is 1. The molecule has 12 nitrogen and oxygen atoms in total. The molecule has 0 unspecified atom stereocenters. The Morgan fingerprint density at radius 1 is 1.07 bits per heavy atom. The molecule has 2 amide bonds. The van der Waals surface area contributed by atoms with Crippen molar-refractivity contribution in [3.05, 3.63) is 30.0 Å². The molecule has 4 rings (SSSR count). The van der Waals surface area contributed by atoms with Crippen LogP contribution in [0.3, 0.4) is 0 Å². The topological polar surface area (TPSA) is 154 Å². The van der Waals surface area contributed by atoms with Crippen molar-refractivity contribution < 1.29 is 43.2 Å². The summed E-state index contributed by atoms with van der Waals surface area (Å²) < 4.78 is 21.8. The highest BCUT2D eigenvalue weighted by molar-refractivity contribution is 5.94. The minimum absolute atomic E-state index is 0.00161. The Bertz CT molecular complexity index is 1320. The number of alkyl carbamates (subject to hydrolysis) is 1. The molecule has 12 heteroatoms. The van der Waals surface area contributed by atoms with E-state index in [0.29, 0.717) is 16.7 Å². The van der Waals surface area contributed by atoms with Crippen LogP contribution in [0, 0.1) is 5.41 Å². The second-order valence-electron chi connectivity index (χ2n) is 11.5. The molecule has 2 aromatic rings. The number of esters is 1. The molecule has 0 radical (unpaired) electrons. The lowest BCUT2D eigenvalue weighted by Gasteiger charge is -2.34. The molecular weight excluding hydrogens is 534 g/mol. The number of methoxy groups -OCH3 is 2. The zero-order valence-electron chi connectivity index (χ0n) is 24.0. The summed E-state index contributed by atoms with van der Waals surface area (Å²) in [5.74, 6) is -1.60. The number of amides is 2. The number of fused-ring (bicyclic) bond motifs is 1. The fourth-order valence-corrected chi connectivity index (χ4v) is 5.27. The van der Waals surface area contributed by atoms with E-state index in [0.717, 1.165) is 25.7 Å². The molecule has 222 valence electrons. The first-order valence-corrected chi connectivity index (χ1v) is 13.7. The van der Waals surface area contributed by atoms with Gasteiger partial charge in [0, 0.05) is 23.9 Å². The fraction of sp³-hybridized carbons (Fsp3) is 0.552. The van der Waals surface area contributed by atoms with Gasteiger partial charge in [0.15, 0.2) is 5.69 Å². The normalized spacial score (nSPS) is 20.0. The third kappa shape index (κ3) is 6.80. The molecule has 1 aliphatic carbocycles. The van der Waals surface area contributed by atoms with Crippen molar-refractivity contribution >= 4 is 34.8 Å². The van der Waals surface area contributed by atoms with Crippen LogP contribution < -0.4 is 14.8 Å². The van der Waals surface area contributed by atoms with Gasteiger partial charge in [-0.25, -0.2) is 19.4 Å². The second kappa shape index (κ2) is 12.2. The number of likely N-dealkylation sites (tertiary alicyclic amines) is 1. The van der Waals surface area contributed by atoms with E-state index in [4.69, 9.17) is 18.9 Å².